The predicted octanol–water partition coefficient (Wildman–Crippen LogP) is 3.79. The number of hydrogen-bond acceptors (Lipinski definition) is 4. The monoisotopic (exact) mass is 281 g/mol. The van der Waals surface area contributed by atoms with Gasteiger partial charge < -0.3 is 15.0 Å². The second-order valence-corrected chi connectivity index (χ2v) is 4.25. The average Bonchev–Trinajstić information content (AvgIpc) is 2.58. The number of pyridine rings is 1. The summed E-state index contributed by atoms with van der Waals surface area (Å²) < 4.78 is 5.28. The summed E-state index contributed by atoms with van der Waals surface area (Å²) in [5.74, 6) is 1.03. The zero-order valence-electron chi connectivity index (χ0n) is 13.8. The first kappa shape index (κ1) is 18.7. The molecule has 1 N–H and O–H groups in total. The van der Waals surface area contributed by atoms with Crippen LogP contribution < -0.4 is 10.2 Å². The molecule has 0 aliphatic carbocycles. The summed E-state index contributed by atoms with van der Waals surface area (Å²) in [5.41, 5.74) is 1.04. The van der Waals surface area contributed by atoms with E-state index in [-0.39, 0.29) is 0 Å². The van der Waals surface area contributed by atoms with Gasteiger partial charge in [0.25, 0.3) is 0 Å². The molecule has 4 heteroatoms. The predicted molar refractivity (Wildman–Crippen MR) is 88.7 cm³/mol. The first-order valence-electron chi connectivity index (χ1n) is 7.78. The summed E-state index contributed by atoms with van der Waals surface area (Å²) in [6, 6.07) is 4.08. The lowest BCUT2D eigenvalue weighted by Gasteiger charge is -2.27. The van der Waals surface area contributed by atoms with Crippen LogP contribution in [-0.2, 0) is 4.74 Å². The highest BCUT2D eigenvalue weighted by molar-refractivity contribution is 5.48. The van der Waals surface area contributed by atoms with Crippen molar-refractivity contribution in [2.45, 2.75) is 40.5 Å². The molecule has 0 radical (unpaired) electrons. The van der Waals surface area contributed by atoms with Crippen LogP contribution in [-0.4, -0.2) is 38.3 Å². The van der Waals surface area contributed by atoms with Crippen LogP contribution in [0.5, 0.6) is 0 Å². The SMILES string of the molecule is CC.CCCC.CNc1ccc(N2CCOCC2)nc1. The van der Waals surface area contributed by atoms with Crippen molar-refractivity contribution >= 4 is 11.5 Å². The molecule has 4 nitrogen and oxygen atoms in total. The van der Waals surface area contributed by atoms with Crippen molar-refractivity contribution in [1.82, 2.24) is 4.98 Å². The fourth-order valence-corrected chi connectivity index (χ4v) is 1.51. The van der Waals surface area contributed by atoms with E-state index in [0.29, 0.717) is 0 Å². The van der Waals surface area contributed by atoms with Crippen LogP contribution in [0.1, 0.15) is 40.5 Å². The van der Waals surface area contributed by atoms with Crippen LogP contribution in [0.4, 0.5) is 11.5 Å². The standard InChI is InChI=1S/C10H15N3O.C4H10.C2H6/c1-11-9-2-3-10(12-8-9)13-4-6-14-7-5-13;1-3-4-2;1-2/h2-3,8,11H,4-7H2,1H3;3-4H2,1-2H3;1-2H3. The first-order chi connectivity index (χ1) is 9.81. The van der Waals surface area contributed by atoms with Crippen molar-refractivity contribution in [1.29, 1.82) is 0 Å². The van der Waals surface area contributed by atoms with E-state index >= 15 is 0 Å². The smallest absolute Gasteiger partial charge is 0.128 e. The Balaban J connectivity index is 0.000000521. The van der Waals surface area contributed by atoms with Crippen molar-refractivity contribution < 1.29 is 4.74 Å². The highest BCUT2D eigenvalue weighted by atomic mass is 16.5. The average molecular weight is 281 g/mol. The summed E-state index contributed by atoms with van der Waals surface area (Å²) in [6.45, 7) is 11.8. The minimum atomic E-state index is 0.801. The maximum atomic E-state index is 5.28. The van der Waals surface area contributed by atoms with Gasteiger partial charge in [-0.2, -0.15) is 0 Å². The van der Waals surface area contributed by atoms with Gasteiger partial charge in [0.15, 0.2) is 0 Å². The van der Waals surface area contributed by atoms with Crippen LogP contribution in [0.2, 0.25) is 0 Å². The number of anilines is 2. The van der Waals surface area contributed by atoms with Crippen molar-refractivity contribution in [3.05, 3.63) is 18.3 Å². The van der Waals surface area contributed by atoms with Crippen molar-refractivity contribution in [2.24, 2.45) is 0 Å². The fraction of sp³-hybridized carbons (Fsp3) is 0.688. The third-order valence-corrected chi connectivity index (χ3v) is 2.87. The van der Waals surface area contributed by atoms with Gasteiger partial charge in [-0.05, 0) is 12.1 Å². The Morgan fingerprint density at radius 2 is 1.75 bits per heavy atom. The number of morpholine rings is 1. The van der Waals surface area contributed by atoms with E-state index in [9.17, 15) is 0 Å². The topological polar surface area (TPSA) is 37.4 Å². The number of aromatic nitrogens is 1. The molecule has 20 heavy (non-hydrogen) atoms. The maximum absolute atomic E-state index is 5.28. The second kappa shape index (κ2) is 12.7. The summed E-state index contributed by atoms with van der Waals surface area (Å²) in [6.07, 6.45) is 4.49. The molecule has 0 bridgehead atoms. The van der Waals surface area contributed by atoms with Gasteiger partial charge in [0, 0.05) is 20.1 Å². The molecule has 0 spiro atoms. The van der Waals surface area contributed by atoms with E-state index in [0.717, 1.165) is 37.8 Å². The van der Waals surface area contributed by atoms with Gasteiger partial charge in [-0.15, -0.1) is 0 Å². The molecule has 0 amide bonds. The lowest BCUT2D eigenvalue weighted by molar-refractivity contribution is 0.122. The van der Waals surface area contributed by atoms with Crippen molar-refractivity contribution in [3.8, 4) is 0 Å². The Morgan fingerprint density at radius 1 is 1.15 bits per heavy atom. The van der Waals surface area contributed by atoms with Gasteiger partial charge in [0.2, 0.25) is 0 Å². The molecule has 116 valence electrons. The van der Waals surface area contributed by atoms with E-state index in [4.69, 9.17) is 4.74 Å². The molecule has 0 atom stereocenters. The van der Waals surface area contributed by atoms with Crippen molar-refractivity contribution in [2.75, 3.05) is 43.6 Å². The van der Waals surface area contributed by atoms with Crippen LogP contribution in [0, 0.1) is 0 Å². The summed E-state index contributed by atoms with van der Waals surface area (Å²) in [7, 11) is 1.89. The molecule has 1 aliphatic rings. The number of rotatable bonds is 3. The highest BCUT2D eigenvalue weighted by Crippen LogP contribution is 2.14. The van der Waals surface area contributed by atoms with Crippen LogP contribution in [0.15, 0.2) is 18.3 Å². The number of ether oxygens (including phenoxy) is 1. The number of nitrogens with zero attached hydrogens (tertiary/aromatic N) is 2. The largest absolute Gasteiger partial charge is 0.387 e. The Kier molecular flexibility index (Phi) is 11.9. The molecular formula is C16H31N3O. The van der Waals surface area contributed by atoms with Crippen LogP contribution in [0.25, 0.3) is 0 Å². The Bertz CT molecular complexity index is 306. The van der Waals surface area contributed by atoms with Crippen LogP contribution in [0.3, 0.4) is 0 Å². The Morgan fingerprint density at radius 3 is 2.15 bits per heavy atom. The first-order valence-corrected chi connectivity index (χ1v) is 7.78. The Labute approximate surface area is 124 Å². The van der Waals surface area contributed by atoms with Gasteiger partial charge in [-0.3, -0.25) is 0 Å². The van der Waals surface area contributed by atoms with E-state index in [1.165, 1.54) is 12.8 Å². The van der Waals surface area contributed by atoms with Gasteiger partial charge >= 0.3 is 0 Å². The second-order valence-electron chi connectivity index (χ2n) is 4.25. The van der Waals surface area contributed by atoms with E-state index in [1.807, 2.05) is 39.2 Å². The van der Waals surface area contributed by atoms with Gasteiger partial charge in [0.05, 0.1) is 25.1 Å². The summed E-state index contributed by atoms with van der Waals surface area (Å²) in [4.78, 5) is 6.62. The Hall–Kier alpha value is -1.29. The van der Waals surface area contributed by atoms with Gasteiger partial charge in [-0.1, -0.05) is 40.5 Å². The normalized spacial score (nSPS) is 13.6. The minimum absolute atomic E-state index is 0.801. The van der Waals surface area contributed by atoms with E-state index in [2.05, 4.69) is 29.0 Å². The molecule has 0 aromatic carbocycles. The summed E-state index contributed by atoms with van der Waals surface area (Å²) >= 11 is 0. The molecule has 1 aromatic heterocycles. The van der Waals surface area contributed by atoms with Crippen molar-refractivity contribution in [3.63, 3.8) is 0 Å². The number of hydrogen-bond donors (Lipinski definition) is 1. The highest BCUT2D eigenvalue weighted by Gasteiger charge is 2.11. The zero-order chi connectivity index (χ0) is 15.2. The number of nitrogens with one attached hydrogen (secondary N) is 1. The lowest BCUT2D eigenvalue weighted by Crippen LogP contribution is -2.36. The van der Waals surface area contributed by atoms with E-state index < -0.39 is 0 Å². The summed E-state index contributed by atoms with van der Waals surface area (Å²) in [5, 5.41) is 3.05. The molecule has 1 saturated heterocycles. The minimum Gasteiger partial charge on any atom is -0.387 e. The number of unbranched alkanes of at least 4 members (excludes halogenated alkanes) is 1. The van der Waals surface area contributed by atoms with Gasteiger partial charge in [-0.25, -0.2) is 4.98 Å². The van der Waals surface area contributed by atoms with Crippen LogP contribution >= 0.6 is 0 Å². The zero-order valence-corrected chi connectivity index (χ0v) is 13.8. The fourth-order valence-electron chi connectivity index (χ4n) is 1.51. The molecular weight excluding hydrogens is 250 g/mol. The third kappa shape index (κ3) is 7.34. The molecule has 2 rings (SSSR count). The van der Waals surface area contributed by atoms with Gasteiger partial charge in [0.1, 0.15) is 5.82 Å². The lowest BCUT2D eigenvalue weighted by atomic mass is 10.3. The third-order valence-electron chi connectivity index (χ3n) is 2.87. The maximum Gasteiger partial charge on any atom is 0.128 e. The molecule has 1 aliphatic heterocycles. The molecule has 1 aromatic rings. The van der Waals surface area contributed by atoms with E-state index in [1.54, 1.807) is 0 Å². The molecule has 0 saturated carbocycles. The molecule has 1 fully saturated rings. The molecule has 2 heterocycles. The molecule has 0 unspecified atom stereocenters. The quantitative estimate of drug-likeness (QED) is 0.914.